The van der Waals surface area contributed by atoms with Crippen LogP contribution in [0.4, 0.5) is 0 Å². The van der Waals surface area contributed by atoms with Crippen LogP contribution >= 0.6 is 15.9 Å². The van der Waals surface area contributed by atoms with Crippen molar-refractivity contribution < 1.29 is 9.26 Å². The lowest BCUT2D eigenvalue weighted by molar-refractivity contribution is -0.0508. The second-order valence-corrected chi connectivity index (χ2v) is 6.77. The molecule has 0 saturated carbocycles. The van der Waals surface area contributed by atoms with Gasteiger partial charge in [-0.25, -0.2) is 4.98 Å². The summed E-state index contributed by atoms with van der Waals surface area (Å²) in [5.74, 6) is 0.958. The minimum Gasteiger partial charge on any atom is -0.372 e. The standard InChI is InChI=1S/C15H17BrN2O2/c1-14(2)9-15(19-3,7-10-8-17-20-13(10)14)11-5-4-6-12(16)18-11/h4-6,8H,7,9H2,1-3H3. The first-order chi connectivity index (χ1) is 9.47. The molecule has 0 amide bonds. The Labute approximate surface area is 126 Å². The lowest BCUT2D eigenvalue weighted by atomic mass is 9.68. The summed E-state index contributed by atoms with van der Waals surface area (Å²) in [5.41, 5.74) is 1.47. The Morgan fingerprint density at radius 2 is 2.15 bits per heavy atom. The molecule has 106 valence electrons. The van der Waals surface area contributed by atoms with Crippen LogP contribution in [0, 0.1) is 0 Å². The summed E-state index contributed by atoms with van der Waals surface area (Å²) in [4.78, 5) is 4.60. The number of hydrogen-bond donors (Lipinski definition) is 0. The topological polar surface area (TPSA) is 48.2 Å². The van der Waals surface area contributed by atoms with Gasteiger partial charge in [-0.2, -0.15) is 0 Å². The number of hydrogen-bond acceptors (Lipinski definition) is 4. The van der Waals surface area contributed by atoms with Gasteiger partial charge < -0.3 is 9.26 Å². The molecule has 2 heterocycles. The van der Waals surface area contributed by atoms with E-state index in [-0.39, 0.29) is 5.41 Å². The molecule has 0 N–H and O–H groups in total. The highest BCUT2D eigenvalue weighted by Gasteiger charge is 2.47. The van der Waals surface area contributed by atoms with Crippen LogP contribution in [-0.2, 0) is 22.2 Å². The first-order valence-electron chi connectivity index (χ1n) is 6.59. The highest BCUT2D eigenvalue weighted by atomic mass is 79.9. The van der Waals surface area contributed by atoms with Crippen LogP contribution in [0.25, 0.3) is 0 Å². The van der Waals surface area contributed by atoms with Crippen LogP contribution in [0.3, 0.4) is 0 Å². The maximum absolute atomic E-state index is 5.93. The maximum Gasteiger partial charge on any atom is 0.145 e. The zero-order valence-electron chi connectivity index (χ0n) is 11.8. The molecule has 0 saturated heterocycles. The van der Waals surface area contributed by atoms with Crippen molar-refractivity contribution >= 4 is 15.9 Å². The first-order valence-corrected chi connectivity index (χ1v) is 7.38. The molecule has 2 aromatic heterocycles. The molecule has 0 radical (unpaired) electrons. The second kappa shape index (κ2) is 4.67. The minimum absolute atomic E-state index is 0.135. The number of ether oxygens (including phenoxy) is 1. The van der Waals surface area contributed by atoms with E-state index >= 15 is 0 Å². The lowest BCUT2D eigenvalue weighted by Crippen LogP contribution is -2.43. The maximum atomic E-state index is 5.93. The molecule has 0 aromatic carbocycles. The molecule has 1 aliphatic carbocycles. The normalized spacial score (nSPS) is 24.4. The molecule has 5 heteroatoms. The van der Waals surface area contributed by atoms with E-state index in [1.165, 1.54) is 0 Å². The van der Waals surface area contributed by atoms with Gasteiger partial charge in [-0.05, 0) is 34.5 Å². The van der Waals surface area contributed by atoms with E-state index in [9.17, 15) is 0 Å². The van der Waals surface area contributed by atoms with Crippen molar-refractivity contribution in [3.05, 3.63) is 46.0 Å². The van der Waals surface area contributed by atoms with Gasteiger partial charge in [-0.15, -0.1) is 0 Å². The Morgan fingerprint density at radius 1 is 1.35 bits per heavy atom. The Kier molecular flexibility index (Phi) is 3.21. The van der Waals surface area contributed by atoms with Crippen LogP contribution < -0.4 is 0 Å². The van der Waals surface area contributed by atoms with E-state index in [0.717, 1.165) is 34.5 Å². The SMILES string of the molecule is COC1(c2cccc(Br)n2)Cc2cnoc2C(C)(C)C1. The van der Waals surface area contributed by atoms with E-state index in [1.807, 2.05) is 18.2 Å². The monoisotopic (exact) mass is 336 g/mol. The number of pyridine rings is 1. The molecule has 0 spiro atoms. The molecule has 1 aliphatic rings. The summed E-state index contributed by atoms with van der Waals surface area (Å²) < 4.78 is 12.2. The Bertz CT molecular complexity index is 638. The average Bonchev–Trinajstić information content (AvgIpc) is 2.87. The second-order valence-electron chi connectivity index (χ2n) is 5.96. The summed E-state index contributed by atoms with van der Waals surface area (Å²) in [5, 5.41) is 3.95. The molecular formula is C15H17BrN2O2. The van der Waals surface area contributed by atoms with Crippen molar-refractivity contribution in [3.63, 3.8) is 0 Å². The van der Waals surface area contributed by atoms with Gasteiger partial charge >= 0.3 is 0 Å². The van der Waals surface area contributed by atoms with Crippen molar-refractivity contribution in [3.8, 4) is 0 Å². The zero-order chi connectivity index (χ0) is 14.4. The number of methoxy groups -OCH3 is 1. The van der Waals surface area contributed by atoms with Gasteiger partial charge in [0, 0.05) is 24.5 Å². The van der Waals surface area contributed by atoms with Crippen LogP contribution in [0.2, 0.25) is 0 Å². The van der Waals surface area contributed by atoms with Crippen molar-refractivity contribution in [1.29, 1.82) is 0 Å². The Balaban J connectivity index is 2.12. The first kappa shape index (κ1) is 13.8. The number of rotatable bonds is 2. The van der Waals surface area contributed by atoms with Crippen molar-refractivity contribution in [2.75, 3.05) is 7.11 Å². The van der Waals surface area contributed by atoms with E-state index < -0.39 is 5.60 Å². The molecule has 1 unspecified atom stereocenters. The largest absolute Gasteiger partial charge is 0.372 e. The molecule has 0 bridgehead atoms. The van der Waals surface area contributed by atoms with Gasteiger partial charge in [-0.1, -0.05) is 25.1 Å². The third kappa shape index (κ3) is 2.09. The Morgan fingerprint density at radius 3 is 2.85 bits per heavy atom. The van der Waals surface area contributed by atoms with E-state index in [4.69, 9.17) is 9.26 Å². The number of aromatic nitrogens is 2. The fraction of sp³-hybridized carbons (Fsp3) is 0.467. The van der Waals surface area contributed by atoms with E-state index in [2.05, 4.69) is 39.9 Å². The van der Waals surface area contributed by atoms with Crippen LogP contribution in [0.1, 0.15) is 37.3 Å². The molecule has 1 atom stereocenters. The summed E-state index contributed by atoms with van der Waals surface area (Å²) in [7, 11) is 1.75. The van der Waals surface area contributed by atoms with E-state index in [0.29, 0.717) is 0 Å². The summed E-state index contributed by atoms with van der Waals surface area (Å²) in [6, 6.07) is 5.93. The summed E-state index contributed by atoms with van der Waals surface area (Å²) in [6.45, 7) is 4.31. The van der Waals surface area contributed by atoms with Gasteiger partial charge in [0.25, 0.3) is 0 Å². The highest BCUT2D eigenvalue weighted by molar-refractivity contribution is 9.10. The van der Waals surface area contributed by atoms with Crippen LogP contribution in [0.15, 0.2) is 33.5 Å². The fourth-order valence-corrected chi connectivity index (χ4v) is 3.54. The quantitative estimate of drug-likeness (QED) is 0.786. The number of fused-ring (bicyclic) bond motifs is 1. The molecular weight excluding hydrogens is 320 g/mol. The molecule has 2 aromatic rings. The van der Waals surface area contributed by atoms with Gasteiger partial charge in [0.05, 0.1) is 11.9 Å². The summed E-state index contributed by atoms with van der Waals surface area (Å²) >= 11 is 3.44. The molecule has 0 fully saturated rings. The third-order valence-electron chi connectivity index (χ3n) is 4.04. The van der Waals surface area contributed by atoms with Crippen LogP contribution in [0.5, 0.6) is 0 Å². The third-order valence-corrected chi connectivity index (χ3v) is 4.48. The zero-order valence-corrected chi connectivity index (χ0v) is 13.4. The Hall–Kier alpha value is -1.20. The van der Waals surface area contributed by atoms with Gasteiger partial charge in [0.1, 0.15) is 16.0 Å². The van der Waals surface area contributed by atoms with Crippen molar-refractivity contribution in [2.24, 2.45) is 0 Å². The minimum atomic E-state index is -0.439. The highest BCUT2D eigenvalue weighted by Crippen LogP contribution is 2.47. The predicted molar refractivity (Wildman–Crippen MR) is 78.5 cm³/mol. The molecule has 3 rings (SSSR count). The number of nitrogens with zero attached hydrogens (tertiary/aromatic N) is 2. The molecule has 20 heavy (non-hydrogen) atoms. The number of halogens is 1. The van der Waals surface area contributed by atoms with Gasteiger partial charge in [-0.3, -0.25) is 0 Å². The van der Waals surface area contributed by atoms with Gasteiger partial charge in [0.2, 0.25) is 0 Å². The van der Waals surface area contributed by atoms with Crippen LogP contribution in [-0.4, -0.2) is 17.3 Å². The fourth-order valence-electron chi connectivity index (χ4n) is 3.20. The van der Waals surface area contributed by atoms with Crippen molar-refractivity contribution in [1.82, 2.24) is 10.1 Å². The smallest absolute Gasteiger partial charge is 0.145 e. The molecule has 0 aliphatic heterocycles. The predicted octanol–water partition coefficient (Wildman–Crippen LogP) is 3.60. The summed E-state index contributed by atoms with van der Waals surface area (Å²) in [6.07, 6.45) is 3.33. The van der Waals surface area contributed by atoms with E-state index in [1.54, 1.807) is 13.3 Å². The molecule has 4 nitrogen and oxygen atoms in total. The van der Waals surface area contributed by atoms with Gasteiger partial charge in [0.15, 0.2) is 0 Å². The lowest BCUT2D eigenvalue weighted by Gasteiger charge is -2.42. The average molecular weight is 337 g/mol. The van der Waals surface area contributed by atoms with Crippen molar-refractivity contribution in [2.45, 2.75) is 37.7 Å².